The van der Waals surface area contributed by atoms with Crippen LogP contribution in [0.5, 0.6) is 0 Å². The molecule has 2 aromatic rings. The first-order valence-corrected chi connectivity index (χ1v) is 5.12. The summed E-state index contributed by atoms with van der Waals surface area (Å²) >= 11 is 0. The van der Waals surface area contributed by atoms with Gasteiger partial charge < -0.3 is 5.32 Å². The Morgan fingerprint density at radius 3 is 2.75 bits per heavy atom. The van der Waals surface area contributed by atoms with Crippen LogP contribution < -0.4 is 5.32 Å². The zero-order chi connectivity index (χ0) is 11.5. The lowest BCUT2D eigenvalue weighted by atomic mass is 10.0. The minimum absolute atomic E-state index is 0.0237. The molecule has 1 heterocycles. The second-order valence-corrected chi connectivity index (χ2v) is 3.72. The van der Waals surface area contributed by atoms with E-state index in [1.165, 1.54) is 12.1 Å². The third-order valence-corrected chi connectivity index (χ3v) is 2.53. The van der Waals surface area contributed by atoms with Crippen LogP contribution in [0.1, 0.15) is 17.2 Å². The molecule has 0 aliphatic heterocycles. The maximum absolute atomic E-state index is 13.1. The van der Waals surface area contributed by atoms with Crippen molar-refractivity contribution in [2.75, 3.05) is 7.05 Å². The van der Waals surface area contributed by atoms with Crippen LogP contribution in [0.4, 0.5) is 4.39 Å². The molecule has 1 atom stereocenters. The predicted molar refractivity (Wildman–Crippen MR) is 60.5 cm³/mol. The van der Waals surface area contributed by atoms with Crippen LogP contribution in [0.2, 0.25) is 0 Å². The van der Waals surface area contributed by atoms with Gasteiger partial charge in [-0.05, 0) is 24.7 Å². The molecule has 1 aromatic heterocycles. The smallest absolute Gasteiger partial charge is 0.123 e. The van der Waals surface area contributed by atoms with E-state index in [0.717, 1.165) is 11.1 Å². The second-order valence-electron chi connectivity index (χ2n) is 3.72. The van der Waals surface area contributed by atoms with Crippen molar-refractivity contribution in [3.63, 3.8) is 0 Å². The standard InChI is InChI=1S/C12H14FN3/c1-14-12(10-7-15-16(2)8-10)9-4-3-5-11(13)6-9/h3-8,12,14H,1-2H3. The summed E-state index contributed by atoms with van der Waals surface area (Å²) in [6.45, 7) is 0. The Morgan fingerprint density at radius 1 is 1.38 bits per heavy atom. The Kier molecular flexibility index (Phi) is 3.01. The Morgan fingerprint density at radius 2 is 2.19 bits per heavy atom. The third-order valence-electron chi connectivity index (χ3n) is 2.53. The monoisotopic (exact) mass is 219 g/mol. The van der Waals surface area contributed by atoms with Crippen molar-refractivity contribution >= 4 is 0 Å². The summed E-state index contributed by atoms with van der Waals surface area (Å²) in [4.78, 5) is 0. The Bertz CT molecular complexity index is 479. The number of halogens is 1. The molecule has 1 unspecified atom stereocenters. The highest BCUT2D eigenvalue weighted by molar-refractivity contribution is 5.29. The minimum atomic E-state index is -0.221. The first-order chi connectivity index (χ1) is 7.70. The van der Waals surface area contributed by atoms with Crippen LogP contribution in [-0.4, -0.2) is 16.8 Å². The van der Waals surface area contributed by atoms with Crippen molar-refractivity contribution in [3.8, 4) is 0 Å². The third kappa shape index (κ3) is 2.12. The van der Waals surface area contributed by atoms with Crippen molar-refractivity contribution in [2.45, 2.75) is 6.04 Å². The molecule has 4 heteroatoms. The van der Waals surface area contributed by atoms with E-state index in [1.807, 2.05) is 26.4 Å². The van der Waals surface area contributed by atoms with Gasteiger partial charge in [-0.2, -0.15) is 5.10 Å². The van der Waals surface area contributed by atoms with Gasteiger partial charge >= 0.3 is 0 Å². The van der Waals surface area contributed by atoms with Gasteiger partial charge in [-0.3, -0.25) is 4.68 Å². The molecule has 2 rings (SSSR count). The zero-order valence-corrected chi connectivity index (χ0v) is 9.31. The fourth-order valence-corrected chi connectivity index (χ4v) is 1.80. The van der Waals surface area contributed by atoms with Gasteiger partial charge in [-0.15, -0.1) is 0 Å². The summed E-state index contributed by atoms with van der Waals surface area (Å²) in [7, 11) is 3.71. The molecule has 3 nitrogen and oxygen atoms in total. The number of rotatable bonds is 3. The second kappa shape index (κ2) is 4.45. The van der Waals surface area contributed by atoms with E-state index in [4.69, 9.17) is 0 Å². The van der Waals surface area contributed by atoms with Crippen molar-refractivity contribution < 1.29 is 4.39 Å². The first kappa shape index (κ1) is 10.8. The van der Waals surface area contributed by atoms with Gasteiger partial charge in [-0.25, -0.2) is 4.39 Å². The van der Waals surface area contributed by atoms with Gasteiger partial charge in [0.15, 0.2) is 0 Å². The van der Waals surface area contributed by atoms with E-state index in [1.54, 1.807) is 16.9 Å². The quantitative estimate of drug-likeness (QED) is 0.854. The Hall–Kier alpha value is -1.68. The van der Waals surface area contributed by atoms with E-state index < -0.39 is 0 Å². The number of benzene rings is 1. The summed E-state index contributed by atoms with van der Waals surface area (Å²) in [6.07, 6.45) is 3.71. The summed E-state index contributed by atoms with van der Waals surface area (Å²) in [5.41, 5.74) is 1.92. The molecule has 0 saturated heterocycles. The molecule has 0 saturated carbocycles. The average molecular weight is 219 g/mol. The molecule has 1 aromatic carbocycles. The molecule has 0 fully saturated rings. The zero-order valence-electron chi connectivity index (χ0n) is 9.31. The molecule has 16 heavy (non-hydrogen) atoms. The number of nitrogens with one attached hydrogen (secondary N) is 1. The first-order valence-electron chi connectivity index (χ1n) is 5.12. The van der Waals surface area contributed by atoms with Crippen molar-refractivity contribution in [1.82, 2.24) is 15.1 Å². The van der Waals surface area contributed by atoms with E-state index in [2.05, 4.69) is 10.4 Å². The Balaban J connectivity index is 2.36. The predicted octanol–water partition coefficient (Wildman–Crippen LogP) is 1.87. The van der Waals surface area contributed by atoms with E-state index in [9.17, 15) is 4.39 Å². The van der Waals surface area contributed by atoms with Crippen LogP contribution in [-0.2, 0) is 7.05 Å². The van der Waals surface area contributed by atoms with Crippen LogP contribution >= 0.6 is 0 Å². The molecule has 0 radical (unpaired) electrons. The number of hydrogen-bond acceptors (Lipinski definition) is 2. The molecule has 84 valence electrons. The van der Waals surface area contributed by atoms with E-state index in [0.29, 0.717) is 0 Å². The molecule has 0 bridgehead atoms. The van der Waals surface area contributed by atoms with E-state index in [-0.39, 0.29) is 11.9 Å². The van der Waals surface area contributed by atoms with Gasteiger partial charge in [-0.1, -0.05) is 12.1 Å². The lowest BCUT2D eigenvalue weighted by Crippen LogP contribution is -2.17. The van der Waals surface area contributed by atoms with Gasteiger partial charge in [0, 0.05) is 18.8 Å². The SMILES string of the molecule is CNC(c1cccc(F)c1)c1cnn(C)c1. The van der Waals surface area contributed by atoms with Crippen LogP contribution in [0.3, 0.4) is 0 Å². The molecular formula is C12H14FN3. The normalized spacial score (nSPS) is 12.7. The lowest BCUT2D eigenvalue weighted by molar-refractivity contribution is 0.616. The molecule has 0 spiro atoms. The fourth-order valence-electron chi connectivity index (χ4n) is 1.80. The average Bonchev–Trinajstić information content (AvgIpc) is 2.66. The van der Waals surface area contributed by atoms with Crippen molar-refractivity contribution in [3.05, 3.63) is 53.6 Å². The summed E-state index contributed by atoms with van der Waals surface area (Å²) in [5.74, 6) is -0.221. The van der Waals surface area contributed by atoms with E-state index >= 15 is 0 Å². The van der Waals surface area contributed by atoms with Crippen LogP contribution in [0.15, 0.2) is 36.7 Å². The van der Waals surface area contributed by atoms with Gasteiger partial charge in [0.2, 0.25) is 0 Å². The number of aryl methyl sites for hydroxylation is 1. The molecule has 1 N–H and O–H groups in total. The maximum Gasteiger partial charge on any atom is 0.123 e. The van der Waals surface area contributed by atoms with Gasteiger partial charge in [0.05, 0.1) is 12.2 Å². The highest BCUT2D eigenvalue weighted by Crippen LogP contribution is 2.21. The number of hydrogen-bond donors (Lipinski definition) is 1. The number of nitrogens with zero attached hydrogens (tertiary/aromatic N) is 2. The highest BCUT2D eigenvalue weighted by atomic mass is 19.1. The summed E-state index contributed by atoms with van der Waals surface area (Å²) < 4.78 is 14.9. The topological polar surface area (TPSA) is 29.9 Å². The van der Waals surface area contributed by atoms with Crippen LogP contribution in [0.25, 0.3) is 0 Å². The molecule has 0 aliphatic carbocycles. The molecular weight excluding hydrogens is 205 g/mol. The van der Waals surface area contributed by atoms with Crippen LogP contribution in [0, 0.1) is 5.82 Å². The summed E-state index contributed by atoms with van der Waals surface area (Å²) in [6, 6.07) is 6.57. The van der Waals surface area contributed by atoms with Gasteiger partial charge in [0.25, 0.3) is 0 Å². The van der Waals surface area contributed by atoms with Gasteiger partial charge in [0.1, 0.15) is 5.82 Å². The Labute approximate surface area is 93.9 Å². The summed E-state index contributed by atoms with van der Waals surface area (Å²) in [5, 5.41) is 7.27. The van der Waals surface area contributed by atoms with Crippen molar-refractivity contribution in [2.24, 2.45) is 7.05 Å². The molecule has 0 amide bonds. The van der Waals surface area contributed by atoms with Crippen molar-refractivity contribution in [1.29, 1.82) is 0 Å². The number of aromatic nitrogens is 2. The lowest BCUT2D eigenvalue weighted by Gasteiger charge is -2.14. The maximum atomic E-state index is 13.1. The fraction of sp³-hybridized carbons (Fsp3) is 0.250. The highest BCUT2D eigenvalue weighted by Gasteiger charge is 2.13. The molecule has 0 aliphatic rings. The largest absolute Gasteiger partial charge is 0.309 e. The minimum Gasteiger partial charge on any atom is -0.309 e.